The molecule has 1 N–H and O–H groups in total. The first-order valence-corrected chi connectivity index (χ1v) is 8.06. The molecular formula is C20H23NO. The van der Waals surface area contributed by atoms with Crippen LogP contribution < -0.4 is 5.32 Å². The Morgan fingerprint density at radius 3 is 1.91 bits per heavy atom. The van der Waals surface area contributed by atoms with E-state index in [0.717, 1.165) is 19.3 Å². The molecule has 114 valence electrons. The van der Waals surface area contributed by atoms with Crippen molar-refractivity contribution in [2.24, 2.45) is 0 Å². The molecule has 1 fully saturated rings. The molecule has 2 aromatic rings. The van der Waals surface area contributed by atoms with E-state index in [-0.39, 0.29) is 17.4 Å². The van der Waals surface area contributed by atoms with Crippen molar-refractivity contribution in [2.75, 3.05) is 0 Å². The predicted octanol–water partition coefficient (Wildman–Crippen LogP) is 4.27. The lowest BCUT2D eigenvalue weighted by atomic mass is 9.96. The average Bonchev–Trinajstić information content (AvgIpc) is 3.33. The van der Waals surface area contributed by atoms with E-state index in [9.17, 15) is 4.79 Å². The van der Waals surface area contributed by atoms with Gasteiger partial charge in [-0.15, -0.1) is 0 Å². The molecule has 1 saturated carbocycles. The number of rotatable bonds is 7. The molecule has 1 aliphatic rings. The van der Waals surface area contributed by atoms with Gasteiger partial charge in [0.2, 0.25) is 0 Å². The van der Waals surface area contributed by atoms with E-state index in [4.69, 9.17) is 0 Å². The topological polar surface area (TPSA) is 29.1 Å². The van der Waals surface area contributed by atoms with E-state index in [0.29, 0.717) is 6.42 Å². The summed E-state index contributed by atoms with van der Waals surface area (Å²) >= 11 is 0. The molecule has 0 aliphatic heterocycles. The maximum atomic E-state index is 11.3. The lowest BCUT2D eigenvalue weighted by molar-refractivity contribution is -0.117. The van der Waals surface area contributed by atoms with Gasteiger partial charge in [-0.25, -0.2) is 0 Å². The molecule has 0 aromatic heterocycles. The summed E-state index contributed by atoms with van der Waals surface area (Å²) < 4.78 is 0. The van der Waals surface area contributed by atoms with E-state index in [2.05, 4.69) is 53.8 Å². The minimum Gasteiger partial charge on any atom is -0.301 e. The molecule has 0 atom stereocenters. The smallest absolute Gasteiger partial charge is 0.129 e. The number of carbonyl (C=O) groups excluding carboxylic acids is 1. The average molecular weight is 293 g/mol. The van der Waals surface area contributed by atoms with Gasteiger partial charge in [-0.2, -0.15) is 0 Å². The molecule has 0 spiro atoms. The molecule has 2 heteroatoms. The molecule has 22 heavy (non-hydrogen) atoms. The first kappa shape index (κ1) is 15.0. The summed E-state index contributed by atoms with van der Waals surface area (Å²) in [5.41, 5.74) is 2.70. The molecule has 0 saturated heterocycles. The maximum absolute atomic E-state index is 11.3. The molecule has 2 aromatic carbocycles. The Hall–Kier alpha value is -1.93. The Morgan fingerprint density at radius 2 is 1.50 bits per heavy atom. The van der Waals surface area contributed by atoms with E-state index in [1.807, 2.05) is 12.1 Å². The van der Waals surface area contributed by atoms with Crippen LogP contribution in [0.1, 0.15) is 49.8 Å². The lowest BCUT2D eigenvalue weighted by Crippen LogP contribution is -2.35. The molecule has 0 unspecified atom stereocenters. The van der Waals surface area contributed by atoms with Crippen LogP contribution in [0.5, 0.6) is 0 Å². The minimum absolute atomic E-state index is 0.141. The fourth-order valence-electron chi connectivity index (χ4n) is 2.99. The van der Waals surface area contributed by atoms with Crippen LogP contribution in [0.3, 0.4) is 0 Å². The number of carbonyl (C=O) groups is 1. The van der Waals surface area contributed by atoms with Gasteiger partial charge in [-0.1, -0.05) is 60.7 Å². The molecule has 0 amide bonds. The fraction of sp³-hybridized carbons (Fsp3) is 0.350. The van der Waals surface area contributed by atoms with Gasteiger partial charge in [0.05, 0.1) is 6.04 Å². The van der Waals surface area contributed by atoms with Gasteiger partial charge in [0.25, 0.3) is 0 Å². The summed E-state index contributed by atoms with van der Waals surface area (Å²) in [5, 5.41) is 3.84. The number of hydrogen-bond donors (Lipinski definition) is 1. The zero-order valence-corrected chi connectivity index (χ0v) is 13.1. The second-order valence-electron chi connectivity index (χ2n) is 6.38. The SMILES string of the molecule is CC(=O)CCC1(NC(c2ccccc2)c2ccccc2)CC1. The Morgan fingerprint density at radius 1 is 1.00 bits per heavy atom. The standard InChI is InChI=1S/C20H23NO/c1-16(22)12-13-20(14-15-20)21-19(17-8-4-2-5-9-17)18-10-6-3-7-11-18/h2-11,19,21H,12-15H2,1H3. The monoisotopic (exact) mass is 293 g/mol. The van der Waals surface area contributed by atoms with Crippen molar-refractivity contribution in [2.45, 2.75) is 44.2 Å². The van der Waals surface area contributed by atoms with Crippen LogP contribution in [-0.2, 0) is 4.79 Å². The highest BCUT2D eigenvalue weighted by molar-refractivity contribution is 5.75. The molecule has 1 aliphatic carbocycles. The first-order valence-electron chi connectivity index (χ1n) is 8.06. The summed E-state index contributed by atoms with van der Waals surface area (Å²) in [6.45, 7) is 1.68. The van der Waals surface area contributed by atoms with E-state index >= 15 is 0 Å². The Bertz CT molecular complexity index is 577. The largest absolute Gasteiger partial charge is 0.301 e. The molecule has 2 nitrogen and oxygen atoms in total. The van der Waals surface area contributed by atoms with Gasteiger partial charge in [0.15, 0.2) is 0 Å². The van der Waals surface area contributed by atoms with Crippen LogP contribution in [0.4, 0.5) is 0 Å². The molecule has 0 heterocycles. The van der Waals surface area contributed by atoms with E-state index in [1.54, 1.807) is 6.92 Å². The summed E-state index contributed by atoms with van der Waals surface area (Å²) in [6.07, 6.45) is 3.94. The second-order valence-corrected chi connectivity index (χ2v) is 6.38. The quantitative estimate of drug-likeness (QED) is 0.826. The Labute approximate surface area is 132 Å². The Balaban J connectivity index is 1.82. The van der Waals surface area contributed by atoms with Gasteiger partial charge < -0.3 is 10.1 Å². The predicted molar refractivity (Wildman–Crippen MR) is 89.7 cm³/mol. The van der Waals surface area contributed by atoms with Crippen molar-refractivity contribution in [3.05, 3.63) is 71.8 Å². The van der Waals surface area contributed by atoms with Gasteiger partial charge in [-0.05, 0) is 37.3 Å². The number of ketones is 1. The van der Waals surface area contributed by atoms with Crippen molar-refractivity contribution < 1.29 is 4.79 Å². The molecule has 0 bridgehead atoms. The van der Waals surface area contributed by atoms with Crippen molar-refractivity contribution in [3.63, 3.8) is 0 Å². The number of Topliss-reactive ketones (excluding diaryl/α,β-unsaturated/α-hetero) is 1. The van der Waals surface area contributed by atoms with Crippen molar-refractivity contribution in [3.8, 4) is 0 Å². The first-order chi connectivity index (χ1) is 10.7. The van der Waals surface area contributed by atoms with Gasteiger partial charge in [-0.3, -0.25) is 0 Å². The third-order valence-corrected chi connectivity index (χ3v) is 4.53. The summed E-state index contributed by atoms with van der Waals surface area (Å²) in [4.78, 5) is 11.3. The van der Waals surface area contributed by atoms with Gasteiger partial charge in [0, 0.05) is 12.0 Å². The van der Waals surface area contributed by atoms with Crippen LogP contribution >= 0.6 is 0 Å². The van der Waals surface area contributed by atoms with Crippen LogP contribution in [0, 0.1) is 0 Å². The van der Waals surface area contributed by atoms with Crippen LogP contribution in [0.25, 0.3) is 0 Å². The van der Waals surface area contributed by atoms with Crippen molar-refractivity contribution in [1.29, 1.82) is 0 Å². The number of hydrogen-bond acceptors (Lipinski definition) is 2. The molecule has 0 radical (unpaired) electrons. The van der Waals surface area contributed by atoms with Crippen molar-refractivity contribution >= 4 is 5.78 Å². The Kier molecular flexibility index (Phi) is 4.39. The number of benzene rings is 2. The summed E-state index contributed by atoms with van der Waals surface area (Å²) in [7, 11) is 0. The zero-order chi connectivity index (χ0) is 15.4. The zero-order valence-electron chi connectivity index (χ0n) is 13.1. The summed E-state index contributed by atoms with van der Waals surface area (Å²) in [6, 6.07) is 21.3. The highest BCUT2D eigenvalue weighted by atomic mass is 16.1. The normalized spacial score (nSPS) is 15.7. The molecular weight excluding hydrogens is 270 g/mol. The molecule has 3 rings (SSSR count). The van der Waals surface area contributed by atoms with E-state index < -0.39 is 0 Å². The highest BCUT2D eigenvalue weighted by Gasteiger charge is 2.43. The minimum atomic E-state index is 0.141. The van der Waals surface area contributed by atoms with E-state index in [1.165, 1.54) is 11.1 Å². The maximum Gasteiger partial charge on any atom is 0.129 e. The fourth-order valence-corrected chi connectivity index (χ4v) is 2.99. The third-order valence-electron chi connectivity index (χ3n) is 4.53. The highest BCUT2D eigenvalue weighted by Crippen LogP contribution is 2.42. The van der Waals surface area contributed by atoms with Crippen LogP contribution in [0.15, 0.2) is 60.7 Å². The summed E-state index contributed by atoms with van der Waals surface area (Å²) in [5.74, 6) is 0.282. The lowest BCUT2D eigenvalue weighted by Gasteiger charge is -2.26. The third kappa shape index (κ3) is 3.63. The van der Waals surface area contributed by atoms with Crippen LogP contribution in [-0.4, -0.2) is 11.3 Å². The van der Waals surface area contributed by atoms with Gasteiger partial charge in [0.1, 0.15) is 5.78 Å². The van der Waals surface area contributed by atoms with Crippen molar-refractivity contribution in [1.82, 2.24) is 5.32 Å². The second kappa shape index (κ2) is 6.45. The van der Waals surface area contributed by atoms with Crippen LogP contribution in [0.2, 0.25) is 0 Å². The van der Waals surface area contributed by atoms with Gasteiger partial charge >= 0.3 is 0 Å². The number of nitrogens with one attached hydrogen (secondary N) is 1.